The molecule has 20 heavy (non-hydrogen) atoms. The van der Waals surface area contributed by atoms with E-state index in [9.17, 15) is 18.5 Å². The first-order chi connectivity index (χ1) is 9.34. The quantitative estimate of drug-likeness (QED) is 0.614. The Morgan fingerprint density at radius 1 is 1.35 bits per heavy atom. The number of benzene rings is 1. The molecule has 0 aliphatic heterocycles. The zero-order chi connectivity index (χ0) is 15.3. The Kier molecular flexibility index (Phi) is 5.46. The van der Waals surface area contributed by atoms with Gasteiger partial charge in [-0.15, -0.1) is 0 Å². The molecule has 0 bridgehead atoms. The van der Waals surface area contributed by atoms with Gasteiger partial charge in [-0.25, -0.2) is 12.7 Å². The molecule has 112 valence electrons. The zero-order valence-corrected chi connectivity index (χ0v) is 12.6. The van der Waals surface area contributed by atoms with E-state index in [-0.39, 0.29) is 17.1 Å². The van der Waals surface area contributed by atoms with Crippen LogP contribution in [0.1, 0.15) is 20.3 Å². The summed E-state index contributed by atoms with van der Waals surface area (Å²) in [5, 5.41) is 13.8. The molecule has 0 unspecified atom stereocenters. The molecule has 0 spiro atoms. The number of nitrogens with one attached hydrogen (secondary N) is 1. The highest BCUT2D eigenvalue weighted by molar-refractivity contribution is 7.89. The SMILES string of the molecule is CCCNc1ccc([N+](=O)[O-])cc1S(=O)(=O)N(C)CC. The maximum atomic E-state index is 12.4. The maximum absolute atomic E-state index is 12.4. The van der Waals surface area contributed by atoms with E-state index in [2.05, 4.69) is 5.32 Å². The van der Waals surface area contributed by atoms with Gasteiger partial charge in [-0.2, -0.15) is 0 Å². The van der Waals surface area contributed by atoms with Crippen molar-refractivity contribution in [3.8, 4) is 0 Å². The molecule has 8 heteroatoms. The normalized spacial score (nSPS) is 11.6. The fraction of sp³-hybridized carbons (Fsp3) is 0.500. The summed E-state index contributed by atoms with van der Waals surface area (Å²) in [6.45, 7) is 4.53. The summed E-state index contributed by atoms with van der Waals surface area (Å²) in [6.07, 6.45) is 0.820. The van der Waals surface area contributed by atoms with Gasteiger partial charge < -0.3 is 5.32 Å². The average molecular weight is 301 g/mol. The van der Waals surface area contributed by atoms with Gasteiger partial charge in [-0.3, -0.25) is 10.1 Å². The van der Waals surface area contributed by atoms with Gasteiger partial charge in [-0.1, -0.05) is 13.8 Å². The summed E-state index contributed by atoms with van der Waals surface area (Å²) in [7, 11) is -2.30. The fourth-order valence-corrected chi connectivity index (χ4v) is 2.95. The van der Waals surface area contributed by atoms with Gasteiger partial charge in [0.15, 0.2) is 0 Å². The van der Waals surface area contributed by atoms with Crippen LogP contribution in [-0.2, 0) is 10.0 Å². The fourth-order valence-electron chi connectivity index (χ4n) is 1.58. The topological polar surface area (TPSA) is 92.5 Å². The van der Waals surface area contributed by atoms with Crippen LogP contribution in [0.3, 0.4) is 0 Å². The third kappa shape index (κ3) is 3.45. The summed E-state index contributed by atoms with van der Waals surface area (Å²) in [6, 6.07) is 3.83. The molecule has 0 amide bonds. The largest absolute Gasteiger partial charge is 0.384 e. The number of nitro benzene ring substituents is 1. The summed E-state index contributed by atoms with van der Waals surface area (Å²) in [5.41, 5.74) is 0.146. The molecular formula is C12H19N3O4S. The highest BCUT2D eigenvalue weighted by Crippen LogP contribution is 2.28. The van der Waals surface area contributed by atoms with Crippen LogP contribution >= 0.6 is 0 Å². The van der Waals surface area contributed by atoms with Gasteiger partial charge in [0, 0.05) is 32.3 Å². The molecule has 7 nitrogen and oxygen atoms in total. The van der Waals surface area contributed by atoms with E-state index in [1.54, 1.807) is 6.92 Å². The van der Waals surface area contributed by atoms with Gasteiger partial charge in [0.25, 0.3) is 5.69 Å². The standard InChI is InChI=1S/C12H19N3O4S/c1-4-8-13-11-7-6-10(15(16)17)9-12(11)20(18,19)14(3)5-2/h6-7,9,13H,4-5,8H2,1-3H3. The number of hydrogen-bond donors (Lipinski definition) is 1. The first-order valence-corrected chi connectivity index (χ1v) is 7.77. The minimum Gasteiger partial charge on any atom is -0.384 e. The van der Waals surface area contributed by atoms with Crippen LogP contribution in [0.2, 0.25) is 0 Å². The van der Waals surface area contributed by atoms with Crippen LogP contribution in [-0.4, -0.2) is 37.8 Å². The lowest BCUT2D eigenvalue weighted by Crippen LogP contribution is -2.27. The van der Waals surface area contributed by atoms with E-state index in [4.69, 9.17) is 0 Å². The zero-order valence-electron chi connectivity index (χ0n) is 11.8. The summed E-state index contributed by atoms with van der Waals surface area (Å²) < 4.78 is 25.9. The Morgan fingerprint density at radius 3 is 2.50 bits per heavy atom. The second kappa shape index (κ2) is 6.67. The van der Waals surface area contributed by atoms with Crippen LogP contribution in [0.4, 0.5) is 11.4 Å². The Hall–Kier alpha value is -1.67. The third-order valence-corrected chi connectivity index (χ3v) is 4.85. The first kappa shape index (κ1) is 16.4. The monoisotopic (exact) mass is 301 g/mol. The van der Waals surface area contributed by atoms with Crippen molar-refractivity contribution < 1.29 is 13.3 Å². The lowest BCUT2D eigenvalue weighted by molar-refractivity contribution is -0.385. The van der Waals surface area contributed by atoms with Crippen molar-refractivity contribution in [3.63, 3.8) is 0 Å². The van der Waals surface area contributed by atoms with Crippen LogP contribution in [0.5, 0.6) is 0 Å². The summed E-state index contributed by atoms with van der Waals surface area (Å²) in [5.74, 6) is 0. The van der Waals surface area contributed by atoms with Crippen molar-refractivity contribution in [2.75, 3.05) is 25.5 Å². The summed E-state index contributed by atoms with van der Waals surface area (Å²) in [4.78, 5) is 10.2. The van der Waals surface area contributed by atoms with Crippen LogP contribution < -0.4 is 5.32 Å². The molecule has 0 aliphatic rings. The highest BCUT2D eigenvalue weighted by atomic mass is 32.2. The van der Waals surface area contributed by atoms with E-state index in [1.165, 1.54) is 19.2 Å². The minimum atomic E-state index is -3.74. The van der Waals surface area contributed by atoms with E-state index in [1.807, 2.05) is 6.92 Å². The lowest BCUT2D eigenvalue weighted by Gasteiger charge is -2.18. The minimum absolute atomic E-state index is 0.0653. The molecule has 0 aromatic heterocycles. The molecule has 1 aromatic carbocycles. The molecule has 1 N–H and O–H groups in total. The number of nitro groups is 1. The van der Waals surface area contributed by atoms with Crippen LogP contribution in [0.15, 0.2) is 23.1 Å². The van der Waals surface area contributed by atoms with Crippen molar-refractivity contribution in [1.82, 2.24) is 4.31 Å². The predicted octanol–water partition coefficient (Wildman–Crippen LogP) is 2.06. The molecule has 0 fully saturated rings. The van der Waals surface area contributed by atoms with Crippen molar-refractivity contribution in [1.29, 1.82) is 0 Å². The molecular weight excluding hydrogens is 282 g/mol. The van der Waals surface area contributed by atoms with Gasteiger partial charge in [-0.05, 0) is 12.5 Å². The Labute approximate surface area is 118 Å². The second-order valence-electron chi connectivity index (χ2n) is 4.28. The Bertz CT molecular complexity index is 586. The number of rotatable bonds is 7. The number of non-ortho nitro benzene ring substituents is 1. The maximum Gasteiger partial charge on any atom is 0.270 e. The van der Waals surface area contributed by atoms with Crippen LogP contribution in [0, 0.1) is 10.1 Å². The Morgan fingerprint density at radius 2 is 2.00 bits per heavy atom. The van der Waals surface area contributed by atoms with Crippen molar-refractivity contribution >= 4 is 21.4 Å². The summed E-state index contributed by atoms with van der Waals surface area (Å²) >= 11 is 0. The molecule has 0 aliphatic carbocycles. The number of anilines is 1. The van der Waals surface area contributed by atoms with Gasteiger partial charge in [0.05, 0.1) is 10.6 Å². The van der Waals surface area contributed by atoms with E-state index in [0.717, 1.165) is 16.8 Å². The van der Waals surface area contributed by atoms with Crippen LogP contribution in [0.25, 0.3) is 0 Å². The van der Waals surface area contributed by atoms with Gasteiger partial charge in [0.1, 0.15) is 4.90 Å². The van der Waals surface area contributed by atoms with Gasteiger partial charge >= 0.3 is 0 Å². The molecule has 0 saturated heterocycles. The number of nitrogens with zero attached hydrogens (tertiary/aromatic N) is 2. The van der Waals surface area contributed by atoms with Crippen molar-refractivity contribution in [3.05, 3.63) is 28.3 Å². The molecule has 0 radical (unpaired) electrons. The Balaban J connectivity index is 3.38. The predicted molar refractivity (Wildman–Crippen MR) is 77.4 cm³/mol. The smallest absolute Gasteiger partial charge is 0.270 e. The number of hydrogen-bond acceptors (Lipinski definition) is 5. The highest BCUT2D eigenvalue weighted by Gasteiger charge is 2.25. The molecule has 0 heterocycles. The average Bonchev–Trinajstić information content (AvgIpc) is 2.43. The first-order valence-electron chi connectivity index (χ1n) is 6.33. The molecule has 1 rings (SSSR count). The molecule has 0 atom stereocenters. The van der Waals surface area contributed by atoms with Crippen molar-refractivity contribution in [2.45, 2.75) is 25.2 Å². The molecule has 0 saturated carbocycles. The number of sulfonamides is 1. The lowest BCUT2D eigenvalue weighted by atomic mass is 10.3. The van der Waals surface area contributed by atoms with E-state index < -0.39 is 14.9 Å². The molecule has 1 aromatic rings. The van der Waals surface area contributed by atoms with E-state index >= 15 is 0 Å². The van der Waals surface area contributed by atoms with E-state index in [0.29, 0.717) is 12.2 Å². The third-order valence-electron chi connectivity index (χ3n) is 2.88. The van der Waals surface area contributed by atoms with Gasteiger partial charge in [0.2, 0.25) is 10.0 Å². The van der Waals surface area contributed by atoms with Crippen molar-refractivity contribution in [2.24, 2.45) is 0 Å². The second-order valence-corrected chi connectivity index (χ2v) is 6.30.